The summed E-state index contributed by atoms with van der Waals surface area (Å²) in [6.07, 6.45) is -0.470. The van der Waals surface area contributed by atoms with E-state index in [1.807, 2.05) is 0 Å². The number of esters is 1. The van der Waals surface area contributed by atoms with Crippen LogP contribution in [0.25, 0.3) is 0 Å². The first-order chi connectivity index (χ1) is 14.4. The number of ketones is 1. The highest BCUT2D eigenvalue weighted by atomic mass is 16.6. The minimum absolute atomic E-state index is 0.176. The molecule has 4 rings (SSSR count). The molecule has 0 aliphatic carbocycles. The topological polar surface area (TPSA) is 102 Å². The largest absolute Gasteiger partial charge is 0.486 e. The van der Waals surface area contributed by atoms with Gasteiger partial charge in [-0.2, -0.15) is 0 Å². The lowest BCUT2D eigenvalue weighted by molar-refractivity contribution is -0.144. The molecule has 2 aromatic carbocycles. The van der Waals surface area contributed by atoms with Crippen molar-refractivity contribution < 1.29 is 33.7 Å². The van der Waals surface area contributed by atoms with E-state index in [2.05, 4.69) is 0 Å². The van der Waals surface area contributed by atoms with Crippen molar-refractivity contribution in [3.63, 3.8) is 0 Å². The number of hydrogen-bond acceptors (Lipinski definition) is 7. The second kappa shape index (κ2) is 7.79. The van der Waals surface area contributed by atoms with Crippen LogP contribution in [-0.4, -0.2) is 49.1 Å². The number of anilines is 1. The predicted octanol–water partition coefficient (Wildman–Crippen LogP) is 1.83. The summed E-state index contributed by atoms with van der Waals surface area (Å²) < 4.78 is 15.9. The number of carbonyl (C=O) groups is 3. The molecule has 1 amide bonds. The number of fused-ring (bicyclic) bond motifs is 2. The van der Waals surface area contributed by atoms with Crippen molar-refractivity contribution >= 4 is 23.3 Å². The highest BCUT2D eigenvalue weighted by Gasteiger charge is 2.51. The Morgan fingerprint density at radius 3 is 2.63 bits per heavy atom. The van der Waals surface area contributed by atoms with Gasteiger partial charge in [-0.05, 0) is 31.2 Å². The van der Waals surface area contributed by atoms with Crippen LogP contribution < -0.4 is 14.4 Å². The van der Waals surface area contributed by atoms with Crippen LogP contribution in [0.5, 0.6) is 11.5 Å². The minimum atomic E-state index is -2.08. The highest BCUT2D eigenvalue weighted by Crippen LogP contribution is 2.43. The van der Waals surface area contributed by atoms with E-state index < -0.39 is 29.7 Å². The maximum atomic E-state index is 13.1. The van der Waals surface area contributed by atoms with Gasteiger partial charge >= 0.3 is 5.97 Å². The lowest BCUT2D eigenvalue weighted by Gasteiger charge is -2.23. The molecule has 8 nitrogen and oxygen atoms in total. The summed E-state index contributed by atoms with van der Waals surface area (Å²) in [6.45, 7) is 2.31. The van der Waals surface area contributed by atoms with Crippen molar-refractivity contribution in [2.75, 3.05) is 31.3 Å². The molecule has 0 fully saturated rings. The van der Waals surface area contributed by atoms with Crippen molar-refractivity contribution in [1.29, 1.82) is 0 Å². The Labute approximate surface area is 173 Å². The van der Waals surface area contributed by atoms with Gasteiger partial charge in [0.15, 0.2) is 22.9 Å². The summed E-state index contributed by atoms with van der Waals surface area (Å²) in [7, 11) is 0. The molecule has 0 spiro atoms. The molecular weight excluding hydrogens is 390 g/mol. The van der Waals surface area contributed by atoms with Crippen molar-refractivity contribution in [2.45, 2.75) is 18.9 Å². The number of ether oxygens (including phenoxy) is 3. The number of benzene rings is 2. The van der Waals surface area contributed by atoms with E-state index in [1.165, 1.54) is 0 Å². The fourth-order valence-corrected chi connectivity index (χ4v) is 3.72. The van der Waals surface area contributed by atoms with E-state index in [0.717, 1.165) is 4.90 Å². The highest BCUT2D eigenvalue weighted by molar-refractivity contribution is 6.12. The number of nitrogens with zero attached hydrogens (tertiary/aromatic N) is 1. The molecule has 2 aromatic rings. The van der Waals surface area contributed by atoms with Crippen LogP contribution >= 0.6 is 0 Å². The molecule has 2 aliphatic rings. The van der Waals surface area contributed by atoms with Crippen LogP contribution in [0.2, 0.25) is 0 Å². The first-order valence-electron chi connectivity index (χ1n) is 9.66. The summed E-state index contributed by atoms with van der Waals surface area (Å²) in [4.78, 5) is 39.2. The van der Waals surface area contributed by atoms with E-state index in [4.69, 9.17) is 14.2 Å². The van der Waals surface area contributed by atoms with E-state index in [1.54, 1.807) is 49.4 Å². The van der Waals surface area contributed by atoms with Crippen LogP contribution in [0.4, 0.5) is 5.69 Å². The predicted molar refractivity (Wildman–Crippen MR) is 106 cm³/mol. The zero-order valence-electron chi connectivity index (χ0n) is 16.4. The zero-order valence-corrected chi connectivity index (χ0v) is 16.4. The van der Waals surface area contributed by atoms with Gasteiger partial charge in [-0.25, -0.2) is 0 Å². The lowest BCUT2D eigenvalue weighted by atomic mass is 9.88. The van der Waals surface area contributed by atoms with Crippen molar-refractivity contribution in [1.82, 2.24) is 0 Å². The Hall–Kier alpha value is -3.39. The molecule has 0 saturated carbocycles. The summed E-state index contributed by atoms with van der Waals surface area (Å²) in [5.74, 6) is -0.776. The van der Waals surface area contributed by atoms with Crippen LogP contribution in [0.3, 0.4) is 0 Å². The number of Topliss-reactive ketones (excluding diaryl/α,β-unsaturated/α-hetero) is 1. The fraction of sp³-hybridized carbons (Fsp3) is 0.318. The summed E-state index contributed by atoms with van der Waals surface area (Å²) >= 11 is 0. The third kappa shape index (κ3) is 3.39. The average molecular weight is 411 g/mol. The zero-order chi connectivity index (χ0) is 21.3. The summed E-state index contributed by atoms with van der Waals surface area (Å²) in [5.41, 5.74) is -1.12. The van der Waals surface area contributed by atoms with E-state index in [9.17, 15) is 19.5 Å². The Balaban J connectivity index is 1.62. The first-order valence-corrected chi connectivity index (χ1v) is 9.66. The maximum Gasteiger partial charge on any atom is 0.326 e. The maximum absolute atomic E-state index is 13.1. The van der Waals surface area contributed by atoms with Crippen molar-refractivity contribution in [3.05, 3.63) is 53.6 Å². The van der Waals surface area contributed by atoms with Crippen molar-refractivity contribution in [3.8, 4) is 11.5 Å². The number of para-hydroxylation sites is 1. The number of carbonyl (C=O) groups excluding carboxylic acids is 3. The molecule has 0 bridgehead atoms. The Morgan fingerprint density at radius 2 is 1.87 bits per heavy atom. The second-order valence-corrected chi connectivity index (χ2v) is 7.03. The minimum Gasteiger partial charge on any atom is -0.486 e. The molecule has 0 saturated heterocycles. The van der Waals surface area contributed by atoms with E-state index in [-0.39, 0.29) is 18.7 Å². The van der Waals surface area contributed by atoms with Gasteiger partial charge in [0.25, 0.3) is 5.91 Å². The Bertz CT molecular complexity index is 1020. The molecule has 156 valence electrons. The number of rotatable bonds is 6. The van der Waals surface area contributed by atoms with Gasteiger partial charge < -0.3 is 19.3 Å². The van der Waals surface area contributed by atoms with Gasteiger partial charge in [-0.3, -0.25) is 19.3 Å². The third-order valence-corrected chi connectivity index (χ3v) is 5.11. The molecule has 0 unspecified atom stereocenters. The van der Waals surface area contributed by atoms with Crippen LogP contribution in [-0.2, 0) is 19.9 Å². The molecular formula is C22H21NO7. The quantitative estimate of drug-likeness (QED) is 0.571. The number of aliphatic hydroxyl groups is 1. The summed E-state index contributed by atoms with van der Waals surface area (Å²) in [5, 5.41) is 11.3. The number of amides is 1. The van der Waals surface area contributed by atoms with Gasteiger partial charge in [-0.1, -0.05) is 18.2 Å². The van der Waals surface area contributed by atoms with Gasteiger partial charge in [0.05, 0.1) is 18.7 Å². The van der Waals surface area contributed by atoms with Gasteiger partial charge in [-0.15, -0.1) is 0 Å². The molecule has 2 heterocycles. The van der Waals surface area contributed by atoms with Crippen LogP contribution in [0, 0.1) is 0 Å². The molecule has 0 radical (unpaired) electrons. The SMILES string of the molecule is CCOC(=O)CN1C(=O)[C@@](O)(CC(=O)c2ccc3c(c2)OCCO3)c2ccccc21. The fourth-order valence-electron chi connectivity index (χ4n) is 3.72. The molecule has 30 heavy (non-hydrogen) atoms. The standard InChI is InChI=1S/C22H21NO7/c1-2-28-20(25)13-23-16-6-4-3-5-15(16)22(27,21(23)26)12-17(24)14-7-8-18-19(11-14)30-10-9-29-18/h3-8,11,27H,2,9-10,12-13H2,1H3/t22-/m1/s1. The molecule has 1 N–H and O–H groups in total. The lowest BCUT2D eigenvalue weighted by Crippen LogP contribution is -2.44. The number of hydrogen-bond donors (Lipinski definition) is 1. The molecule has 2 aliphatic heterocycles. The first kappa shape index (κ1) is 19.9. The van der Waals surface area contributed by atoms with Crippen LogP contribution in [0.15, 0.2) is 42.5 Å². The third-order valence-electron chi connectivity index (χ3n) is 5.11. The van der Waals surface area contributed by atoms with Gasteiger partial charge in [0.2, 0.25) is 0 Å². The molecule has 8 heteroatoms. The normalized spacial score (nSPS) is 19.4. The van der Waals surface area contributed by atoms with Gasteiger partial charge in [0.1, 0.15) is 19.8 Å². The monoisotopic (exact) mass is 411 g/mol. The second-order valence-electron chi connectivity index (χ2n) is 7.03. The molecule has 1 atom stereocenters. The Kier molecular flexibility index (Phi) is 5.17. The van der Waals surface area contributed by atoms with Crippen LogP contribution in [0.1, 0.15) is 29.3 Å². The Morgan fingerprint density at radius 1 is 1.13 bits per heavy atom. The van der Waals surface area contributed by atoms with E-state index in [0.29, 0.717) is 36.0 Å². The average Bonchev–Trinajstić information content (AvgIpc) is 2.95. The molecule has 0 aromatic heterocycles. The van der Waals surface area contributed by atoms with E-state index >= 15 is 0 Å². The summed E-state index contributed by atoms with van der Waals surface area (Å²) in [6, 6.07) is 11.3. The van der Waals surface area contributed by atoms with Crippen molar-refractivity contribution in [2.24, 2.45) is 0 Å². The smallest absolute Gasteiger partial charge is 0.326 e. The van der Waals surface area contributed by atoms with Gasteiger partial charge in [0, 0.05) is 11.1 Å².